The van der Waals surface area contributed by atoms with Gasteiger partial charge in [-0.2, -0.15) is 0 Å². The Kier molecular flexibility index (Phi) is 8.53. The molecule has 206 valence electrons. The highest BCUT2D eigenvalue weighted by atomic mass is 32.2. The average Bonchev–Trinajstić information content (AvgIpc) is 2.96. The van der Waals surface area contributed by atoms with Gasteiger partial charge in [-0.05, 0) is 37.1 Å². The molecule has 0 unspecified atom stereocenters. The van der Waals surface area contributed by atoms with Gasteiger partial charge < -0.3 is 35.6 Å². The third kappa shape index (κ3) is 6.45. The second-order valence-electron chi connectivity index (χ2n) is 9.36. The molecule has 39 heavy (non-hydrogen) atoms. The molecule has 3 aromatic rings. The van der Waals surface area contributed by atoms with Crippen molar-refractivity contribution in [2.45, 2.75) is 55.1 Å². The standard InChI is InChI=1S/C26H30N6O6S/c1-37-23-7-4-17-24(32-23)18(8-9-27-17)30-26(36)19-5-3-16(20(38-19)10-15(34)12-33)28-11-14-2-6-21-25(29-14)31-22(35)13-39-21/h2,4,6-9,15-16,19-20,28,33-34H,3,5,10-13H2,1H3,(H,27,30,36)(H,29,31,35)/t15-,16+,19-,20+/m0/s1. The van der Waals surface area contributed by atoms with Gasteiger partial charge in [0, 0.05) is 31.3 Å². The van der Waals surface area contributed by atoms with Crippen molar-refractivity contribution < 1.29 is 29.3 Å². The van der Waals surface area contributed by atoms with E-state index in [-0.39, 0.29) is 24.3 Å². The number of rotatable bonds is 9. The predicted molar refractivity (Wildman–Crippen MR) is 145 cm³/mol. The number of pyridine rings is 3. The fourth-order valence-electron chi connectivity index (χ4n) is 4.65. The van der Waals surface area contributed by atoms with Crippen LogP contribution in [0.5, 0.6) is 5.88 Å². The molecular weight excluding hydrogens is 524 g/mol. The SMILES string of the molecule is COc1ccc2nccc(NC(=O)[C@@H]3CC[C@@H](NCc4ccc5c(n4)NC(=O)CS5)[C@@H](C[C@H](O)CO)O3)c2n1. The lowest BCUT2D eigenvalue weighted by Gasteiger charge is -2.37. The largest absolute Gasteiger partial charge is 0.481 e. The molecule has 3 aromatic heterocycles. The van der Waals surface area contributed by atoms with Crippen LogP contribution >= 0.6 is 11.8 Å². The summed E-state index contributed by atoms with van der Waals surface area (Å²) < 4.78 is 11.4. The number of anilines is 2. The lowest BCUT2D eigenvalue weighted by Crippen LogP contribution is -2.51. The molecule has 0 bridgehead atoms. The molecule has 4 atom stereocenters. The van der Waals surface area contributed by atoms with E-state index in [4.69, 9.17) is 9.47 Å². The van der Waals surface area contributed by atoms with Crippen molar-refractivity contribution in [1.29, 1.82) is 0 Å². The fraction of sp³-hybridized carbons (Fsp3) is 0.423. The van der Waals surface area contributed by atoms with E-state index < -0.39 is 24.9 Å². The van der Waals surface area contributed by atoms with E-state index in [1.807, 2.05) is 12.1 Å². The predicted octanol–water partition coefficient (Wildman–Crippen LogP) is 1.47. The Morgan fingerprint density at radius 3 is 2.95 bits per heavy atom. The molecule has 5 heterocycles. The van der Waals surface area contributed by atoms with Gasteiger partial charge in [0.15, 0.2) is 0 Å². The molecule has 1 fully saturated rings. The van der Waals surface area contributed by atoms with E-state index in [0.717, 1.165) is 10.6 Å². The second-order valence-corrected chi connectivity index (χ2v) is 10.4. The van der Waals surface area contributed by atoms with Crippen molar-refractivity contribution in [2.24, 2.45) is 0 Å². The zero-order chi connectivity index (χ0) is 27.4. The summed E-state index contributed by atoms with van der Waals surface area (Å²) in [5.41, 5.74) is 2.34. The van der Waals surface area contributed by atoms with Crippen LogP contribution in [0, 0.1) is 0 Å². The third-order valence-corrected chi connectivity index (χ3v) is 7.69. The number of aliphatic hydroxyl groups is 2. The fourth-order valence-corrected chi connectivity index (χ4v) is 5.41. The number of ether oxygens (including phenoxy) is 2. The van der Waals surface area contributed by atoms with Crippen molar-refractivity contribution in [3.63, 3.8) is 0 Å². The number of fused-ring (bicyclic) bond motifs is 2. The molecule has 0 radical (unpaired) electrons. The number of carbonyl (C=O) groups is 2. The Labute approximate surface area is 228 Å². The van der Waals surface area contributed by atoms with Gasteiger partial charge in [-0.25, -0.2) is 9.97 Å². The number of aliphatic hydroxyl groups excluding tert-OH is 2. The lowest BCUT2D eigenvalue weighted by atomic mass is 9.94. The minimum atomic E-state index is -0.990. The first-order valence-electron chi connectivity index (χ1n) is 12.6. The van der Waals surface area contributed by atoms with Gasteiger partial charge in [0.25, 0.3) is 5.91 Å². The van der Waals surface area contributed by atoms with Crippen LogP contribution < -0.4 is 20.7 Å². The Morgan fingerprint density at radius 1 is 1.26 bits per heavy atom. The Hall–Kier alpha value is -3.36. The van der Waals surface area contributed by atoms with Crippen LogP contribution in [-0.2, 0) is 20.9 Å². The van der Waals surface area contributed by atoms with Gasteiger partial charge in [0.1, 0.15) is 17.4 Å². The molecule has 1 saturated heterocycles. The topological polar surface area (TPSA) is 168 Å². The summed E-state index contributed by atoms with van der Waals surface area (Å²) in [5, 5.41) is 28.7. The quantitative estimate of drug-likeness (QED) is 0.260. The molecule has 2 amide bonds. The zero-order valence-corrected chi connectivity index (χ0v) is 22.1. The van der Waals surface area contributed by atoms with Crippen LogP contribution in [0.15, 0.2) is 41.4 Å². The molecule has 0 spiro atoms. The van der Waals surface area contributed by atoms with Crippen molar-refractivity contribution in [3.8, 4) is 5.88 Å². The highest BCUT2D eigenvalue weighted by Crippen LogP contribution is 2.30. The van der Waals surface area contributed by atoms with Gasteiger partial charge in [-0.1, -0.05) is 0 Å². The molecule has 0 aromatic carbocycles. The van der Waals surface area contributed by atoms with E-state index in [2.05, 4.69) is 30.9 Å². The molecule has 5 N–H and O–H groups in total. The van der Waals surface area contributed by atoms with Crippen molar-refractivity contribution in [3.05, 3.63) is 42.2 Å². The molecule has 2 aliphatic rings. The minimum Gasteiger partial charge on any atom is -0.481 e. The highest BCUT2D eigenvalue weighted by molar-refractivity contribution is 8.00. The smallest absolute Gasteiger partial charge is 0.253 e. The summed E-state index contributed by atoms with van der Waals surface area (Å²) in [6, 6.07) is 8.77. The van der Waals surface area contributed by atoms with Gasteiger partial charge in [-0.15, -0.1) is 11.8 Å². The van der Waals surface area contributed by atoms with Gasteiger partial charge >= 0.3 is 0 Å². The molecule has 13 heteroatoms. The lowest BCUT2D eigenvalue weighted by molar-refractivity contribution is -0.142. The van der Waals surface area contributed by atoms with Crippen LogP contribution in [0.1, 0.15) is 25.0 Å². The van der Waals surface area contributed by atoms with Crippen LogP contribution in [-0.4, -0.2) is 80.8 Å². The number of nitrogens with zero attached hydrogens (tertiary/aromatic N) is 3. The number of methoxy groups -OCH3 is 1. The van der Waals surface area contributed by atoms with Crippen LogP contribution in [0.3, 0.4) is 0 Å². The van der Waals surface area contributed by atoms with Crippen molar-refractivity contribution in [2.75, 3.05) is 30.1 Å². The molecule has 0 aliphatic carbocycles. The monoisotopic (exact) mass is 554 g/mol. The molecular formula is C26H30N6O6S. The van der Waals surface area contributed by atoms with Crippen LogP contribution in [0.2, 0.25) is 0 Å². The second kappa shape index (κ2) is 12.2. The summed E-state index contributed by atoms with van der Waals surface area (Å²) in [6.45, 7) is -0.00930. The first kappa shape index (κ1) is 27.2. The van der Waals surface area contributed by atoms with E-state index in [9.17, 15) is 19.8 Å². The summed E-state index contributed by atoms with van der Waals surface area (Å²) >= 11 is 1.45. The van der Waals surface area contributed by atoms with E-state index >= 15 is 0 Å². The summed E-state index contributed by atoms with van der Waals surface area (Å²) in [4.78, 5) is 39.1. The number of hydrogen-bond acceptors (Lipinski definition) is 11. The maximum Gasteiger partial charge on any atom is 0.253 e. The molecule has 2 aliphatic heterocycles. The Morgan fingerprint density at radius 2 is 2.13 bits per heavy atom. The average molecular weight is 555 g/mol. The maximum absolute atomic E-state index is 13.2. The van der Waals surface area contributed by atoms with Crippen molar-refractivity contribution >= 4 is 46.1 Å². The minimum absolute atomic E-state index is 0.0807. The van der Waals surface area contributed by atoms with E-state index in [0.29, 0.717) is 53.6 Å². The maximum atomic E-state index is 13.2. The Balaban J connectivity index is 1.26. The molecule has 5 rings (SSSR count). The van der Waals surface area contributed by atoms with Crippen molar-refractivity contribution in [1.82, 2.24) is 20.3 Å². The van der Waals surface area contributed by atoms with Gasteiger partial charge in [-0.3, -0.25) is 14.6 Å². The normalized spacial score (nSPS) is 21.6. The number of nitrogens with one attached hydrogen (secondary N) is 3. The van der Waals surface area contributed by atoms with Crippen LogP contribution in [0.25, 0.3) is 11.0 Å². The number of thioether (sulfide) groups is 1. The first-order valence-corrected chi connectivity index (χ1v) is 13.6. The number of carbonyl (C=O) groups excluding carboxylic acids is 2. The van der Waals surface area contributed by atoms with E-state index in [1.54, 1.807) is 24.4 Å². The Bertz CT molecular complexity index is 1360. The number of amides is 2. The van der Waals surface area contributed by atoms with Gasteiger partial charge in [0.05, 0.1) is 53.5 Å². The zero-order valence-electron chi connectivity index (χ0n) is 21.3. The summed E-state index contributed by atoms with van der Waals surface area (Å²) in [6.07, 6.45) is 0.502. The summed E-state index contributed by atoms with van der Waals surface area (Å²) in [5.74, 6) is 0.912. The third-order valence-electron chi connectivity index (χ3n) is 6.64. The number of hydrogen-bond donors (Lipinski definition) is 5. The highest BCUT2D eigenvalue weighted by Gasteiger charge is 2.36. The molecule has 0 saturated carbocycles. The first-order chi connectivity index (χ1) is 18.9. The van der Waals surface area contributed by atoms with Gasteiger partial charge in [0.2, 0.25) is 11.8 Å². The summed E-state index contributed by atoms with van der Waals surface area (Å²) in [7, 11) is 1.52. The number of aromatic nitrogens is 3. The van der Waals surface area contributed by atoms with E-state index in [1.165, 1.54) is 18.9 Å². The molecule has 12 nitrogen and oxygen atoms in total. The van der Waals surface area contributed by atoms with Crippen LogP contribution in [0.4, 0.5) is 11.5 Å².